The highest BCUT2D eigenvalue weighted by Gasteiger charge is 2.18. The first-order valence-electron chi connectivity index (χ1n) is 5.70. The second-order valence-corrected chi connectivity index (χ2v) is 6.56. The topological polar surface area (TPSA) is 90.9 Å². The molecule has 0 amide bonds. The Morgan fingerprint density at radius 1 is 1.42 bits per heavy atom. The third-order valence-electron chi connectivity index (χ3n) is 2.44. The van der Waals surface area contributed by atoms with Gasteiger partial charge in [0.2, 0.25) is 5.89 Å². The molecule has 9 heteroatoms. The van der Waals surface area contributed by atoms with Gasteiger partial charge in [0.15, 0.2) is 10.9 Å². The molecule has 2 aromatic rings. The van der Waals surface area contributed by atoms with Crippen molar-refractivity contribution in [2.45, 2.75) is 38.3 Å². The molecule has 104 valence electrons. The van der Waals surface area contributed by atoms with Gasteiger partial charge in [-0.05, 0) is 13.3 Å². The first kappa shape index (κ1) is 14.0. The molecule has 0 aliphatic rings. The monoisotopic (exact) mass is 304 g/mol. The van der Waals surface area contributed by atoms with Crippen LogP contribution in [-0.2, 0) is 22.0 Å². The summed E-state index contributed by atoms with van der Waals surface area (Å²) < 4.78 is 29.3. The maximum Gasteiger partial charge on any atom is 0.280 e. The highest BCUT2D eigenvalue weighted by molar-refractivity contribution is 8.13. The summed E-state index contributed by atoms with van der Waals surface area (Å²) in [6, 6.07) is 0. The van der Waals surface area contributed by atoms with E-state index in [2.05, 4.69) is 15.1 Å². The van der Waals surface area contributed by atoms with Crippen LogP contribution in [0.15, 0.2) is 15.7 Å². The molecule has 0 saturated carbocycles. The number of rotatable bonds is 5. The summed E-state index contributed by atoms with van der Waals surface area (Å²) in [6.45, 7) is 3.96. The molecule has 0 spiro atoms. The molecular weight excluding hydrogens is 292 g/mol. The van der Waals surface area contributed by atoms with E-state index in [0.717, 1.165) is 6.42 Å². The number of hydrogen-bond donors (Lipinski definition) is 0. The number of hydrogen-bond acceptors (Lipinski definition) is 6. The highest BCUT2D eigenvalue weighted by Crippen LogP contribution is 2.16. The SMILES string of the molecule is CCCc1nc(S(=O)(=O)Cl)cn1Cc1nc(C)no1. The van der Waals surface area contributed by atoms with Gasteiger partial charge < -0.3 is 9.09 Å². The van der Waals surface area contributed by atoms with Crippen molar-refractivity contribution in [3.8, 4) is 0 Å². The average Bonchev–Trinajstić information content (AvgIpc) is 2.87. The van der Waals surface area contributed by atoms with Gasteiger partial charge in [-0.1, -0.05) is 12.1 Å². The van der Waals surface area contributed by atoms with Crippen molar-refractivity contribution in [2.24, 2.45) is 0 Å². The smallest absolute Gasteiger partial charge is 0.280 e. The van der Waals surface area contributed by atoms with E-state index in [1.165, 1.54) is 6.20 Å². The van der Waals surface area contributed by atoms with E-state index in [4.69, 9.17) is 15.2 Å². The van der Waals surface area contributed by atoms with Gasteiger partial charge in [-0.25, -0.2) is 13.4 Å². The lowest BCUT2D eigenvalue weighted by Crippen LogP contribution is -2.04. The van der Waals surface area contributed by atoms with Crippen LogP contribution in [-0.4, -0.2) is 28.1 Å². The third kappa shape index (κ3) is 3.32. The van der Waals surface area contributed by atoms with Crippen molar-refractivity contribution in [3.05, 3.63) is 23.7 Å². The summed E-state index contributed by atoms with van der Waals surface area (Å²) in [6.07, 6.45) is 2.86. The van der Waals surface area contributed by atoms with E-state index < -0.39 is 9.05 Å². The van der Waals surface area contributed by atoms with Gasteiger partial charge in [-0.3, -0.25) is 0 Å². The lowest BCUT2D eigenvalue weighted by molar-refractivity contribution is 0.366. The fourth-order valence-corrected chi connectivity index (χ4v) is 2.35. The van der Waals surface area contributed by atoms with Crippen LogP contribution in [0.3, 0.4) is 0 Å². The molecule has 0 atom stereocenters. The maximum atomic E-state index is 11.3. The number of aryl methyl sites for hydroxylation is 2. The summed E-state index contributed by atoms with van der Waals surface area (Å²) in [5.41, 5.74) is 0. The van der Waals surface area contributed by atoms with Gasteiger partial charge in [0.25, 0.3) is 9.05 Å². The summed E-state index contributed by atoms with van der Waals surface area (Å²) in [5, 5.41) is 3.52. The second kappa shape index (κ2) is 5.30. The predicted molar refractivity (Wildman–Crippen MR) is 67.4 cm³/mol. The molecule has 0 aromatic carbocycles. The maximum absolute atomic E-state index is 11.3. The van der Waals surface area contributed by atoms with Crippen LogP contribution in [0.5, 0.6) is 0 Å². The molecule has 2 heterocycles. The Morgan fingerprint density at radius 2 is 2.16 bits per heavy atom. The van der Waals surface area contributed by atoms with Crippen LogP contribution in [0, 0.1) is 6.92 Å². The lowest BCUT2D eigenvalue weighted by Gasteiger charge is -2.02. The van der Waals surface area contributed by atoms with Crippen LogP contribution in [0.4, 0.5) is 0 Å². The molecule has 2 aromatic heterocycles. The molecule has 7 nitrogen and oxygen atoms in total. The van der Waals surface area contributed by atoms with Crippen LogP contribution in [0.1, 0.15) is 30.9 Å². The molecule has 2 rings (SSSR count). The normalized spacial score (nSPS) is 11.9. The first-order chi connectivity index (χ1) is 8.90. The molecule has 0 saturated heterocycles. The summed E-state index contributed by atoms with van der Waals surface area (Å²) >= 11 is 0. The summed E-state index contributed by atoms with van der Waals surface area (Å²) in [7, 11) is 1.46. The van der Waals surface area contributed by atoms with Crippen LogP contribution >= 0.6 is 10.7 Å². The minimum atomic E-state index is -3.84. The molecule has 0 N–H and O–H groups in total. The zero-order valence-corrected chi connectivity index (χ0v) is 12.1. The van der Waals surface area contributed by atoms with Crippen LogP contribution < -0.4 is 0 Å². The minimum Gasteiger partial charge on any atom is -0.337 e. The molecule has 0 bridgehead atoms. The largest absolute Gasteiger partial charge is 0.337 e. The Kier molecular flexibility index (Phi) is 3.91. The van der Waals surface area contributed by atoms with Gasteiger partial charge >= 0.3 is 0 Å². The lowest BCUT2D eigenvalue weighted by atomic mass is 10.3. The van der Waals surface area contributed by atoms with E-state index in [1.807, 2.05) is 6.92 Å². The van der Waals surface area contributed by atoms with E-state index in [1.54, 1.807) is 11.5 Å². The molecule has 19 heavy (non-hydrogen) atoms. The van der Waals surface area contributed by atoms with Crippen molar-refractivity contribution < 1.29 is 12.9 Å². The zero-order chi connectivity index (χ0) is 14.0. The molecule has 0 radical (unpaired) electrons. The van der Waals surface area contributed by atoms with Gasteiger partial charge in [-0.15, -0.1) is 0 Å². The van der Waals surface area contributed by atoms with Crippen molar-refractivity contribution in [2.75, 3.05) is 0 Å². The van der Waals surface area contributed by atoms with Gasteiger partial charge in [0.05, 0.1) is 0 Å². The number of imidazole rings is 1. The van der Waals surface area contributed by atoms with Crippen LogP contribution in [0.2, 0.25) is 0 Å². The zero-order valence-electron chi connectivity index (χ0n) is 10.5. The van der Waals surface area contributed by atoms with E-state index in [-0.39, 0.29) is 11.6 Å². The molecule has 0 fully saturated rings. The second-order valence-electron chi connectivity index (χ2n) is 4.05. The van der Waals surface area contributed by atoms with Gasteiger partial charge in [0, 0.05) is 23.3 Å². The predicted octanol–water partition coefficient (Wildman–Crippen LogP) is 1.50. The molecule has 0 unspecified atom stereocenters. The van der Waals surface area contributed by atoms with Gasteiger partial charge in [-0.2, -0.15) is 4.98 Å². The Morgan fingerprint density at radius 3 is 2.68 bits per heavy atom. The minimum absolute atomic E-state index is 0.158. The third-order valence-corrected chi connectivity index (χ3v) is 3.61. The first-order valence-corrected chi connectivity index (χ1v) is 8.01. The fraction of sp³-hybridized carbons (Fsp3) is 0.500. The van der Waals surface area contributed by atoms with Crippen molar-refractivity contribution in [3.63, 3.8) is 0 Å². The number of halogens is 1. The Hall–Kier alpha value is -1.41. The van der Waals surface area contributed by atoms with E-state index in [0.29, 0.717) is 24.0 Å². The molecule has 0 aliphatic heterocycles. The van der Waals surface area contributed by atoms with Crippen LogP contribution in [0.25, 0.3) is 0 Å². The summed E-state index contributed by atoms with van der Waals surface area (Å²) in [5.74, 6) is 1.54. The summed E-state index contributed by atoms with van der Waals surface area (Å²) in [4.78, 5) is 8.10. The van der Waals surface area contributed by atoms with Crippen molar-refractivity contribution >= 4 is 19.7 Å². The average molecular weight is 305 g/mol. The number of nitrogens with zero attached hydrogens (tertiary/aromatic N) is 4. The van der Waals surface area contributed by atoms with Crippen molar-refractivity contribution in [1.82, 2.24) is 19.7 Å². The van der Waals surface area contributed by atoms with Crippen molar-refractivity contribution in [1.29, 1.82) is 0 Å². The fourth-order valence-electron chi connectivity index (χ4n) is 1.66. The highest BCUT2D eigenvalue weighted by atomic mass is 35.7. The Balaban J connectivity index is 2.35. The Labute approximate surface area is 115 Å². The van der Waals surface area contributed by atoms with E-state index in [9.17, 15) is 8.42 Å². The molecular formula is C10H13ClN4O3S. The van der Waals surface area contributed by atoms with Gasteiger partial charge in [0.1, 0.15) is 12.4 Å². The quantitative estimate of drug-likeness (QED) is 0.777. The Bertz CT molecular complexity index is 677. The standard InChI is InChI=1S/C10H13ClN4O3S/c1-3-4-8-13-10(19(11,16)17)6-15(8)5-9-12-7(2)14-18-9/h6H,3-5H2,1-2H3. The van der Waals surface area contributed by atoms with E-state index >= 15 is 0 Å². The number of aromatic nitrogens is 4. The molecule has 0 aliphatic carbocycles.